The van der Waals surface area contributed by atoms with Crippen LogP contribution in [0.5, 0.6) is 11.8 Å². The maximum absolute atomic E-state index is 13.0. The molecule has 2 fully saturated rings. The van der Waals surface area contributed by atoms with E-state index in [4.69, 9.17) is 23.8 Å². The Morgan fingerprint density at radius 3 is 1.60 bits per heavy atom. The second-order valence-electron chi connectivity index (χ2n) is 17.2. The Morgan fingerprint density at radius 2 is 1.19 bits per heavy atom. The van der Waals surface area contributed by atoms with Gasteiger partial charge in [0.2, 0.25) is 23.6 Å². The summed E-state index contributed by atoms with van der Waals surface area (Å²) in [5, 5.41) is 2.04. The number of hydrogen-bond donors (Lipinski definition) is 5. The first kappa shape index (κ1) is 45.4. The molecule has 16 nitrogen and oxygen atoms in total. The fraction of sp³-hybridized carbons (Fsp3) is 0.444. The molecular formula is C45H56N8O8S2. The zero-order valence-corrected chi connectivity index (χ0v) is 38.0. The van der Waals surface area contributed by atoms with Gasteiger partial charge in [-0.05, 0) is 127 Å². The number of aromatic nitrogens is 2. The minimum atomic E-state index is -3.43. The van der Waals surface area contributed by atoms with Gasteiger partial charge in [0, 0.05) is 50.7 Å². The summed E-state index contributed by atoms with van der Waals surface area (Å²) in [5.74, 6) is 0.157. The number of ether oxygens (including phenoxy) is 3. The molecule has 0 radical (unpaired) electrons. The van der Waals surface area contributed by atoms with E-state index in [1.807, 2.05) is 36.4 Å². The Morgan fingerprint density at radius 1 is 0.730 bits per heavy atom. The number of pyridine rings is 2. The van der Waals surface area contributed by atoms with Crippen LogP contribution >= 0.6 is 0 Å². The quantitative estimate of drug-likeness (QED) is 0.122. The molecule has 0 saturated carbocycles. The molecule has 18 heteroatoms. The van der Waals surface area contributed by atoms with E-state index in [0.717, 1.165) is 77.5 Å². The van der Waals surface area contributed by atoms with E-state index < -0.39 is 42.7 Å². The summed E-state index contributed by atoms with van der Waals surface area (Å²) in [7, 11) is -3.44. The van der Waals surface area contributed by atoms with Gasteiger partial charge in [0.15, 0.2) is 0 Å². The second kappa shape index (κ2) is 18.6. The number of nitrogens with one attached hydrogen (secondary N) is 5. The van der Waals surface area contributed by atoms with Crippen molar-refractivity contribution in [3.05, 3.63) is 94.3 Å². The first-order chi connectivity index (χ1) is 29.9. The van der Waals surface area contributed by atoms with Crippen LogP contribution < -0.4 is 24.2 Å². The molecule has 336 valence electrons. The lowest BCUT2D eigenvalue weighted by atomic mass is 9.91. The molecule has 2 aromatic heterocycles. The molecule has 4 heterocycles. The van der Waals surface area contributed by atoms with Gasteiger partial charge >= 0.3 is 6.09 Å². The molecule has 4 aliphatic rings. The van der Waals surface area contributed by atoms with Crippen LogP contribution in [0.15, 0.2) is 60.9 Å². The van der Waals surface area contributed by atoms with E-state index in [2.05, 4.69) is 36.9 Å². The molecular weight excluding hydrogens is 845 g/mol. The Labute approximate surface area is 369 Å². The summed E-state index contributed by atoms with van der Waals surface area (Å²) in [4.78, 5) is 47.6. The van der Waals surface area contributed by atoms with Gasteiger partial charge in [-0.3, -0.25) is 19.0 Å². The number of carbonyl (C=O) groups is 3. The molecule has 2 aliphatic heterocycles. The van der Waals surface area contributed by atoms with Crippen molar-refractivity contribution in [1.29, 1.82) is 9.56 Å². The van der Waals surface area contributed by atoms with Gasteiger partial charge in [-0.1, -0.05) is 24.3 Å². The van der Waals surface area contributed by atoms with Gasteiger partial charge in [0.1, 0.15) is 25.4 Å². The summed E-state index contributed by atoms with van der Waals surface area (Å²) >= 11 is 0. The molecule has 2 saturated heterocycles. The highest BCUT2D eigenvalue weighted by Gasteiger charge is 2.40. The molecule has 2 unspecified atom stereocenters. The predicted octanol–water partition coefficient (Wildman–Crippen LogP) is 5.32. The van der Waals surface area contributed by atoms with E-state index in [9.17, 15) is 22.8 Å². The Bertz CT molecular complexity index is 2620. The molecule has 0 bridgehead atoms. The van der Waals surface area contributed by atoms with Crippen molar-refractivity contribution in [2.75, 3.05) is 40.4 Å². The number of benzene rings is 2. The van der Waals surface area contributed by atoms with Gasteiger partial charge in [-0.25, -0.2) is 32.7 Å². The van der Waals surface area contributed by atoms with Crippen LogP contribution in [0.25, 0.3) is 22.3 Å². The molecule has 8 rings (SSSR count). The zero-order chi connectivity index (χ0) is 45.1. The first-order valence-corrected chi connectivity index (χ1v) is 24.3. The number of aryl methyl sites for hydroxylation is 2. The maximum Gasteiger partial charge on any atom is 0.410 e. The molecule has 2 aromatic carbocycles. The summed E-state index contributed by atoms with van der Waals surface area (Å²) in [6, 6.07) is 15.7. The standard InChI is InChI=1S/C25H32N4O5S.C20H24N4O3S/c1-25(2,3)34-24(31)29-14-18(15-29)35(26,32)28-22(30)13-21-19-7-5-6-16(19)8-9-20(21)17-10-11-27-23(12-17)33-4;1-27-20-9-14(7-8-23-20)17-6-5-13-3-2-4-16(13)18(17)10-19(25)24-28(21,26)15-11-22-12-15/h8-12,18H,5-7,13-15H2,1-4H3,(H2,26,28,30,32);5-9,15,22H,2-4,10-12H2,1H3,(H2,21,24,25,26). The smallest absolute Gasteiger partial charge is 0.410 e. The van der Waals surface area contributed by atoms with E-state index in [-0.39, 0.29) is 37.1 Å². The van der Waals surface area contributed by atoms with Crippen LogP contribution in [0.2, 0.25) is 0 Å². The minimum Gasteiger partial charge on any atom is -0.481 e. The fourth-order valence-corrected chi connectivity index (χ4v) is 11.0. The van der Waals surface area contributed by atoms with Gasteiger partial charge in [-0.2, -0.15) is 0 Å². The lowest BCUT2D eigenvalue weighted by Gasteiger charge is -2.40. The van der Waals surface area contributed by atoms with Gasteiger partial charge in [0.25, 0.3) is 0 Å². The third-order valence-corrected chi connectivity index (χ3v) is 15.3. The van der Waals surface area contributed by atoms with Crippen LogP contribution in [0.4, 0.5) is 4.79 Å². The highest BCUT2D eigenvalue weighted by Crippen LogP contribution is 2.36. The lowest BCUT2D eigenvalue weighted by Crippen LogP contribution is -2.60. The van der Waals surface area contributed by atoms with Crippen LogP contribution in [-0.4, -0.2) is 97.7 Å². The maximum atomic E-state index is 13.0. The van der Waals surface area contributed by atoms with Crippen molar-refractivity contribution in [3.8, 4) is 34.0 Å². The third-order valence-electron chi connectivity index (χ3n) is 11.7. The van der Waals surface area contributed by atoms with E-state index in [0.29, 0.717) is 24.8 Å². The predicted molar refractivity (Wildman–Crippen MR) is 240 cm³/mol. The minimum absolute atomic E-state index is 0.0154. The average molecular weight is 901 g/mol. The van der Waals surface area contributed by atoms with Crippen molar-refractivity contribution in [2.45, 2.75) is 88.2 Å². The van der Waals surface area contributed by atoms with Crippen LogP contribution in [-0.2, 0) is 72.7 Å². The van der Waals surface area contributed by atoms with Crippen LogP contribution in [0.3, 0.4) is 0 Å². The van der Waals surface area contributed by atoms with Crippen molar-refractivity contribution < 1.29 is 37.0 Å². The number of fused-ring (bicyclic) bond motifs is 2. The number of rotatable bonds is 12. The monoisotopic (exact) mass is 900 g/mol. The van der Waals surface area contributed by atoms with Crippen molar-refractivity contribution in [1.82, 2.24) is 29.6 Å². The first-order valence-electron chi connectivity index (χ1n) is 21.1. The second-order valence-corrected chi connectivity index (χ2v) is 21.4. The number of nitrogens with zero attached hydrogens (tertiary/aromatic N) is 3. The molecule has 4 aromatic rings. The van der Waals surface area contributed by atoms with E-state index >= 15 is 0 Å². The van der Waals surface area contributed by atoms with E-state index in [1.54, 1.807) is 47.4 Å². The molecule has 5 N–H and O–H groups in total. The number of hydrogen-bond acceptors (Lipinski definition) is 13. The largest absolute Gasteiger partial charge is 0.481 e. The lowest BCUT2D eigenvalue weighted by molar-refractivity contribution is -0.119. The summed E-state index contributed by atoms with van der Waals surface area (Å²) in [6.07, 6.45) is 8.82. The van der Waals surface area contributed by atoms with Gasteiger partial charge in [0.05, 0.1) is 37.6 Å². The topological polar surface area (TPSA) is 226 Å². The van der Waals surface area contributed by atoms with Crippen LogP contribution in [0.1, 0.15) is 67.0 Å². The number of carbonyl (C=O) groups excluding carboxylic acids is 3. The highest BCUT2D eigenvalue weighted by molar-refractivity contribution is 7.92. The third kappa shape index (κ3) is 10.6. The average Bonchev–Trinajstić information content (AvgIpc) is 3.86. The van der Waals surface area contributed by atoms with Crippen molar-refractivity contribution >= 4 is 37.7 Å². The molecule has 2 atom stereocenters. The van der Waals surface area contributed by atoms with Crippen LogP contribution in [0, 0.1) is 9.56 Å². The molecule has 3 amide bonds. The Hall–Kier alpha value is -5.59. The van der Waals surface area contributed by atoms with Crippen molar-refractivity contribution in [3.63, 3.8) is 0 Å². The van der Waals surface area contributed by atoms with E-state index in [1.165, 1.54) is 21.6 Å². The molecule has 63 heavy (non-hydrogen) atoms. The van der Waals surface area contributed by atoms with Gasteiger partial charge < -0.3 is 24.4 Å². The summed E-state index contributed by atoms with van der Waals surface area (Å²) < 4.78 is 62.6. The highest BCUT2D eigenvalue weighted by atomic mass is 32.2. The SMILES string of the molecule is COc1cc(-c2ccc3c(c2CC(=O)NS(=N)(=O)C2CN(C(=O)OC(C)(C)C)C2)CCC3)ccn1.COc1cc(-c2ccc3c(c2CC(=O)NS(=N)(=O)C2CNC2)CCC3)ccn1. The fourth-order valence-electron chi connectivity index (χ4n) is 8.33. The summed E-state index contributed by atoms with van der Waals surface area (Å²) in [6.45, 7) is 6.55. The number of amides is 3. The van der Waals surface area contributed by atoms with Crippen molar-refractivity contribution in [2.24, 2.45) is 0 Å². The van der Waals surface area contributed by atoms with Gasteiger partial charge in [-0.15, -0.1) is 0 Å². The summed E-state index contributed by atoms with van der Waals surface area (Å²) in [5.41, 5.74) is 9.69. The normalized spacial score (nSPS) is 17.6. The Balaban J connectivity index is 0.000000193. The Kier molecular flexibility index (Phi) is 13.4. The molecule has 2 aliphatic carbocycles. The zero-order valence-electron chi connectivity index (χ0n) is 36.3. The number of methoxy groups -OCH3 is 2. The molecule has 0 spiro atoms. The number of likely N-dealkylation sites (tertiary alicyclic amines) is 1.